The highest BCUT2D eigenvalue weighted by molar-refractivity contribution is 7.90. The fraction of sp³-hybridized carbons (Fsp3) is 0.595. The lowest BCUT2D eigenvalue weighted by Gasteiger charge is -2.29. The molecule has 2 aromatic heterocycles. The summed E-state index contributed by atoms with van der Waals surface area (Å²) in [4.78, 5) is 66.5. The van der Waals surface area contributed by atoms with Crippen LogP contribution in [0.3, 0.4) is 0 Å². The molecule has 4 heterocycles. The van der Waals surface area contributed by atoms with Crippen LogP contribution in [0.1, 0.15) is 99.0 Å². The lowest BCUT2D eigenvalue weighted by Crippen LogP contribution is -2.46. The van der Waals surface area contributed by atoms with E-state index in [1.54, 1.807) is 19.9 Å². The number of carbonyl (C=O) groups excluding carboxylic acids is 4. The lowest BCUT2D eigenvalue weighted by molar-refractivity contribution is -0.142. The maximum absolute atomic E-state index is 15.4. The number of nitrogens with one attached hydrogen (secondary N) is 1. The van der Waals surface area contributed by atoms with Crippen molar-refractivity contribution in [3.05, 3.63) is 47.5 Å². The van der Waals surface area contributed by atoms with E-state index in [1.807, 2.05) is 18.2 Å². The van der Waals surface area contributed by atoms with Crippen LogP contribution in [0.5, 0.6) is 5.88 Å². The van der Waals surface area contributed by atoms with Gasteiger partial charge in [-0.25, -0.2) is 27.2 Å². The normalized spacial score (nSPS) is 28.0. The molecule has 7 rings (SSSR count). The molecule has 1 N–H and O–H groups in total. The molecule has 0 unspecified atom stereocenters. The Balaban J connectivity index is 1.21. The summed E-state index contributed by atoms with van der Waals surface area (Å²) < 4.78 is 69.8. The van der Waals surface area contributed by atoms with Crippen LogP contribution in [0.4, 0.5) is 8.78 Å². The summed E-state index contributed by atoms with van der Waals surface area (Å²) in [5.41, 5.74) is 0.123. The van der Waals surface area contributed by atoms with Crippen LogP contribution < -0.4 is 9.46 Å². The molecule has 2 saturated heterocycles. The van der Waals surface area contributed by atoms with Crippen LogP contribution in [0.15, 0.2) is 34.9 Å². The number of aryl methyl sites for hydroxylation is 2. The Morgan fingerprint density at radius 3 is 2.47 bits per heavy atom. The van der Waals surface area contributed by atoms with Gasteiger partial charge in [0, 0.05) is 44.1 Å². The van der Waals surface area contributed by atoms with Crippen LogP contribution >= 0.6 is 0 Å². The van der Waals surface area contributed by atoms with Gasteiger partial charge in [0.1, 0.15) is 23.3 Å². The van der Waals surface area contributed by atoms with E-state index in [0.717, 1.165) is 0 Å². The Labute approximate surface area is 305 Å². The Morgan fingerprint density at radius 2 is 1.77 bits per heavy atom. The molecule has 5 atom stereocenters. The number of fused-ring (bicyclic) bond motifs is 3. The van der Waals surface area contributed by atoms with Gasteiger partial charge in [0.15, 0.2) is 11.6 Å². The molecule has 284 valence electrons. The summed E-state index contributed by atoms with van der Waals surface area (Å²) >= 11 is 0. The first kappa shape index (κ1) is 37.0. The molecule has 53 heavy (non-hydrogen) atoms. The second kappa shape index (κ2) is 14.1. The quantitative estimate of drug-likeness (QED) is 0.305. The van der Waals surface area contributed by atoms with E-state index in [2.05, 4.69) is 19.8 Å². The zero-order valence-corrected chi connectivity index (χ0v) is 30.5. The molecule has 1 aromatic carbocycles. The molecule has 13 nitrogen and oxygen atoms in total. The minimum absolute atomic E-state index is 0.000561. The second-order valence-electron chi connectivity index (χ2n) is 15.3. The maximum atomic E-state index is 15.4. The summed E-state index contributed by atoms with van der Waals surface area (Å²) in [7, 11) is -4.03. The number of ketones is 2. The number of aromatic nitrogens is 3. The molecule has 0 spiro atoms. The van der Waals surface area contributed by atoms with Gasteiger partial charge in [-0.1, -0.05) is 30.1 Å². The highest BCUT2D eigenvalue weighted by Gasteiger charge is 2.64. The zero-order chi connectivity index (χ0) is 37.7. The number of hydrogen-bond donors (Lipinski definition) is 1. The van der Waals surface area contributed by atoms with E-state index in [-0.39, 0.29) is 50.2 Å². The number of ether oxygens (including phenoxy) is 1. The number of nitrogens with zero attached hydrogens (tertiary/aromatic N) is 4. The van der Waals surface area contributed by atoms with Gasteiger partial charge in [0.2, 0.25) is 33.6 Å². The third-order valence-corrected chi connectivity index (χ3v) is 12.9. The topological polar surface area (TPSA) is 179 Å². The number of hydrogen-bond acceptors (Lipinski definition) is 11. The molecule has 0 radical (unpaired) electrons. The highest BCUT2D eigenvalue weighted by Crippen LogP contribution is 2.60. The third-order valence-electron chi connectivity index (χ3n) is 11.1. The van der Waals surface area contributed by atoms with Gasteiger partial charge >= 0.3 is 0 Å². The predicted molar refractivity (Wildman–Crippen MR) is 185 cm³/mol. The number of carbonyl (C=O) groups is 4. The molecule has 2 aliphatic carbocycles. The predicted octanol–water partition coefficient (Wildman–Crippen LogP) is 5.04. The highest BCUT2D eigenvalue weighted by atomic mass is 32.2. The Hall–Kier alpha value is -4.34. The average Bonchev–Trinajstić information content (AvgIpc) is 3.98. The van der Waals surface area contributed by atoms with E-state index < -0.39 is 93.2 Å². The number of alkyl halides is 2. The Bertz CT molecular complexity index is 2050. The molecule has 4 aliphatic rings. The van der Waals surface area contributed by atoms with Crippen molar-refractivity contribution in [2.45, 2.75) is 114 Å². The zero-order valence-electron chi connectivity index (χ0n) is 29.7. The first-order valence-electron chi connectivity index (χ1n) is 18.3. The molecule has 2 amide bonds. The fourth-order valence-corrected chi connectivity index (χ4v) is 9.29. The maximum Gasteiger partial charge on any atom is 0.248 e. The fourth-order valence-electron chi connectivity index (χ4n) is 7.90. The number of benzene rings is 1. The number of amides is 2. The van der Waals surface area contributed by atoms with Crippen molar-refractivity contribution < 1.29 is 45.6 Å². The van der Waals surface area contributed by atoms with Crippen LogP contribution in [0.25, 0.3) is 11.0 Å². The third kappa shape index (κ3) is 7.97. The van der Waals surface area contributed by atoms with E-state index in [1.165, 1.54) is 11.0 Å². The van der Waals surface area contributed by atoms with Crippen molar-refractivity contribution in [2.75, 3.05) is 6.54 Å². The van der Waals surface area contributed by atoms with Crippen molar-refractivity contribution in [1.82, 2.24) is 24.7 Å². The minimum atomic E-state index is -4.03. The largest absolute Gasteiger partial charge is 0.471 e. The summed E-state index contributed by atoms with van der Waals surface area (Å²) in [5, 5.41) is 3.07. The van der Waals surface area contributed by atoms with Crippen molar-refractivity contribution >= 4 is 44.4 Å². The number of rotatable bonds is 8. The van der Waals surface area contributed by atoms with Crippen LogP contribution in [-0.4, -0.2) is 81.7 Å². The Kier molecular flexibility index (Phi) is 9.87. The summed E-state index contributed by atoms with van der Waals surface area (Å²) in [5.74, 6) is -6.79. The van der Waals surface area contributed by atoms with Crippen molar-refractivity contribution in [3.63, 3.8) is 0 Å². The SMILES string of the molecule is Cc1cc(C(=O)C[C@H]2CCCCCC(F)(F)C[C@@H]3C[C@@]3(C(=O)NS(=O)(=O)C3CC3)CC(=O)[C@@H]3C[C@@H](Oc4nc5ccccc5nc4C)CN3C2=O)no1. The molecule has 4 fully saturated rings. The van der Waals surface area contributed by atoms with E-state index in [9.17, 15) is 27.6 Å². The van der Waals surface area contributed by atoms with Gasteiger partial charge in [0.25, 0.3) is 0 Å². The second-order valence-corrected chi connectivity index (χ2v) is 17.2. The standard InChI is InChI=1S/C37H43F2N5O8S/c1-21-14-29(42-52-21)31(45)15-23-8-4-3-7-13-37(38,39)18-24-17-36(24,35(48)43-53(49,50)26-11-12-26)19-32(46)30-16-25(20-44(30)34(23)47)51-33-22(2)40-27-9-5-6-10-28(27)41-33/h5-6,9-10,14,23-26,30H,3-4,7-8,11-13,15-20H2,1-2H3,(H,43,48)/t23-,24+,25-,30+,36-/m1/s1. The first-order chi connectivity index (χ1) is 25.1. The van der Waals surface area contributed by atoms with Crippen LogP contribution in [0, 0.1) is 31.1 Å². The van der Waals surface area contributed by atoms with Gasteiger partial charge in [0.05, 0.1) is 34.3 Å². The van der Waals surface area contributed by atoms with E-state index >= 15 is 8.78 Å². The van der Waals surface area contributed by atoms with Crippen molar-refractivity contribution in [1.29, 1.82) is 0 Å². The van der Waals surface area contributed by atoms with E-state index in [0.29, 0.717) is 48.2 Å². The average molecular weight is 756 g/mol. The minimum Gasteiger partial charge on any atom is -0.471 e. The van der Waals surface area contributed by atoms with Gasteiger partial charge in [-0.2, -0.15) is 0 Å². The summed E-state index contributed by atoms with van der Waals surface area (Å²) in [6.45, 7) is 3.32. The van der Waals surface area contributed by atoms with Crippen LogP contribution in [0.2, 0.25) is 0 Å². The van der Waals surface area contributed by atoms with Gasteiger partial charge in [-0.15, -0.1) is 0 Å². The molecule has 2 saturated carbocycles. The van der Waals surface area contributed by atoms with Gasteiger partial charge < -0.3 is 14.2 Å². The summed E-state index contributed by atoms with van der Waals surface area (Å²) in [6, 6.07) is 7.58. The summed E-state index contributed by atoms with van der Waals surface area (Å²) in [6.07, 6.45) is -0.860. The molecular weight excluding hydrogens is 712 g/mol. The molecule has 0 bridgehead atoms. The number of para-hydroxylation sites is 2. The number of Topliss-reactive ketones (excluding diaryl/α,β-unsaturated/α-hetero) is 2. The smallest absolute Gasteiger partial charge is 0.248 e. The Morgan fingerprint density at radius 1 is 1.04 bits per heavy atom. The van der Waals surface area contributed by atoms with E-state index in [4.69, 9.17) is 9.26 Å². The molecular formula is C37H43F2N5O8S. The first-order valence-corrected chi connectivity index (χ1v) is 19.8. The van der Waals surface area contributed by atoms with Crippen molar-refractivity contribution in [2.24, 2.45) is 17.3 Å². The van der Waals surface area contributed by atoms with Gasteiger partial charge in [-0.05, 0) is 64.0 Å². The number of halogens is 2. The van der Waals surface area contributed by atoms with Gasteiger partial charge in [-0.3, -0.25) is 23.9 Å². The van der Waals surface area contributed by atoms with Crippen LogP contribution in [-0.2, 0) is 24.4 Å². The molecule has 16 heteroatoms. The monoisotopic (exact) mass is 755 g/mol. The molecule has 3 aromatic rings. The molecule has 2 aliphatic heterocycles. The van der Waals surface area contributed by atoms with Crippen molar-refractivity contribution in [3.8, 4) is 5.88 Å². The lowest BCUT2D eigenvalue weighted by atomic mass is 9.89. The number of sulfonamides is 1.